The molecule has 1 aromatic carbocycles. The van der Waals surface area contributed by atoms with Gasteiger partial charge in [0.1, 0.15) is 12.4 Å². The molecule has 0 radical (unpaired) electrons. The van der Waals surface area contributed by atoms with E-state index in [1.807, 2.05) is 12.1 Å². The summed E-state index contributed by atoms with van der Waals surface area (Å²) < 4.78 is 17.0. The molecule has 2 rings (SSSR count). The van der Waals surface area contributed by atoms with Crippen LogP contribution in [0.25, 0.3) is 0 Å². The summed E-state index contributed by atoms with van der Waals surface area (Å²) in [5.74, 6) is 2.20. The summed E-state index contributed by atoms with van der Waals surface area (Å²) in [5.41, 5.74) is 1.24. The summed E-state index contributed by atoms with van der Waals surface area (Å²) in [6.45, 7) is 8.76. The van der Waals surface area contributed by atoms with Gasteiger partial charge in [-0.1, -0.05) is 32.0 Å². The number of aliphatic imine (C=N–C) groups is 1. The zero-order valence-electron chi connectivity index (χ0n) is 16.7. The normalized spacial score (nSPS) is 16.9. The van der Waals surface area contributed by atoms with Crippen LogP contribution in [-0.2, 0) is 9.47 Å². The second kappa shape index (κ2) is 14.0. The van der Waals surface area contributed by atoms with Crippen molar-refractivity contribution in [3.8, 4) is 5.75 Å². The first kappa shape index (κ1) is 24.0. The minimum atomic E-state index is 0. The van der Waals surface area contributed by atoms with Crippen molar-refractivity contribution in [2.45, 2.75) is 38.7 Å². The lowest BCUT2D eigenvalue weighted by molar-refractivity contribution is 0.0420. The maximum atomic E-state index is 5.92. The molecule has 154 valence electrons. The van der Waals surface area contributed by atoms with Gasteiger partial charge in [-0.05, 0) is 30.4 Å². The first-order valence-electron chi connectivity index (χ1n) is 9.56. The molecule has 0 amide bonds. The lowest BCUT2D eigenvalue weighted by Crippen LogP contribution is -2.40. The Morgan fingerprint density at radius 2 is 2.00 bits per heavy atom. The second-order valence-corrected chi connectivity index (χ2v) is 6.68. The van der Waals surface area contributed by atoms with Gasteiger partial charge in [0.15, 0.2) is 5.96 Å². The van der Waals surface area contributed by atoms with Gasteiger partial charge < -0.3 is 24.8 Å². The minimum Gasteiger partial charge on any atom is -0.491 e. The van der Waals surface area contributed by atoms with Crippen LogP contribution in [0.5, 0.6) is 5.75 Å². The van der Waals surface area contributed by atoms with E-state index in [4.69, 9.17) is 14.2 Å². The molecule has 1 atom stereocenters. The summed E-state index contributed by atoms with van der Waals surface area (Å²) >= 11 is 0. The van der Waals surface area contributed by atoms with Gasteiger partial charge in [-0.3, -0.25) is 4.99 Å². The Morgan fingerprint density at radius 1 is 1.22 bits per heavy atom. The van der Waals surface area contributed by atoms with Crippen LogP contribution >= 0.6 is 24.0 Å². The number of benzene rings is 1. The van der Waals surface area contributed by atoms with Gasteiger partial charge in [0, 0.05) is 26.8 Å². The predicted molar refractivity (Wildman–Crippen MR) is 121 cm³/mol. The fourth-order valence-corrected chi connectivity index (χ4v) is 2.81. The summed E-state index contributed by atoms with van der Waals surface area (Å²) in [6.07, 6.45) is 2.23. The van der Waals surface area contributed by atoms with Gasteiger partial charge in [-0.25, -0.2) is 0 Å². The van der Waals surface area contributed by atoms with Gasteiger partial charge in [-0.15, -0.1) is 24.0 Å². The van der Waals surface area contributed by atoms with Gasteiger partial charge in [0.25, 0.3) is 0 Å². The summed E-state index contributed by atoms with van der Waals surface area (Å²) in [6, 6.07) is 8.20. The third-order valence-electron chi connectivity index (χ3n) is 4.27. The van der Waals surface area contributed by atoms with Crippen LogP contribution in [0.15, 0.2) is 29.3 Å². The molecule has 2 N–H and O–H groups in total. The van der Waals surface area contributed by atoms with E-state index in [0.29, 0.717) is 19.1 Å². The van der Waals surface area contributed by atoms with Crippen LogP contribution in [-0.4, -0.2) is 58.6 Å². The van der Waals surface area contributed by atoms with E-state index in [1.165, 1.54) is 5.56 Å². The van der Waals surface area contributed by atoms with Crippen LogP contribution in [0.4, 0.5) is 0 Å². The Bertz CT molecular complexity index is 549. The third-order valence-corrected chi connectivity index (χ3v) is 4.27. The van der Waals surface area contributed by atoms with E-state index >= 15 is 0 Å². The first-order valence-corrected chi connectivity index (χ1v) is 9.56. The van der Waals surface area contributed by atoms with E-state index < -0.39 is 0 Å². The SMILES string of the molecule is CN=C(NCCCOC1CCOC1)NCCOc1ccccc1C(C)C.I. The monoisotopic (exact) mass is 491 g/mol. The fraction of sp³-hybridized carbons (Fsp3) is 0.650. The van der Waals surface area contributed by atoms with Crippen molar-refractivity contribution in [3.05, 3.63) is 29.8 Å². The van der Waals surface area contributed by atoms with Crippen LogP contribution in [0, 0.1) is 0 Å². The third kappa shape index (κ3) is 9.12. The van der Waals surface area contributed by atoms with Gasteiger partial charge in [-0.2, -0.15) is 0 Å². The van der Waals surface area contributed by atoms with Crippen LogP contribution in [0.1, 0.15) is 38.2 Å². The number of hydrogen-bond donors (Lipinski definition) is 2. The molecule has 1 aliphatic rings. The molecule has 0 saturated carbocycles. The molecule has 6 nitrogen and oxygen atoms in total. The lowest BCUT2D eigenvalue weighted by atomic mass is 10.0. The molecule has 0 aromatic heterocycles. The van der Waals surface area contributed by atoms with Crippen LogP contribution in [0.3, 0.4) is 0 Å². The topological polar surface area (TPSA) is 64.1 Å². The zero-order chi connectivity index (χ0) is 18.6. The minimum absolute atomic E-state index is 0. The van der Waals surface area contributed by atoms with E-state index in [2.05, 4.69) is 41.6 Å². The number of nitrogens with zero attached hydrogens (tertiary/aromatic N) is 1. The smallest absolute Gasteiger partial charge is 0.191 e. The molecular formula is C20H34IN3O3. The average molecular weight is 491 g/mol. The summed E-state index contributed by atoms with van der Waals surface area (Å²) in [5, 5.41) is 6.57. The molecule has 27 heavy (non-hydrogen) atoms. The molecular weight excluding hydrogens is 457 g/mol. The maximum absolute atomic E-state index is 5.92. The van der Waals surface area contributed by atoms with E-state index in [1.54, 1.807) is 7.05 Å². The lowest BCUT2D eigenvalue weighted by Gasteiger charge is -2.15. The Balaban J connectivity index is 0.00000364. The highest BCUT2D eigenvalue weighted by molar-refractivity contribution is 14.0. The molecule has 1 aromatic rings. The van der Waals surface area contributed by atoms with Crippen molar-refractivity contribution < 1.29 is 14.2 Å². The molecule has 1 aliphatic heterocycles. The molecule has 7 heteroatoms. The number of rotatable bonds is 10. The summed E-state index contributed by atoms with van der Waals surface area (Å²) in [7, 11) is 1.77. The summed E-state index contributed by atoms with van der Waals surface area (Å²) in [4.78, 5) is 4.23. The van der Waals surface area contributed by atoms with E-state index in [-0.39, 0.29) is 30.1 Å². The van der Waals surface area contributed by atoms with Crippen molar-refractivity contribution in [2.24, 2.45) is 4.99 Å². The largest absolute Gasteiger partial charge is 0.491 e. The van der Waals surface area contributed by atoms with Crippen molar-refractivity contribution in [2.75, 3.05) is 46.6 Å². The highest BCUT2D eigenvalue weighted by atomic mass is 127. The van der Waals surface area contributed by atoms with Crippen LogP contribution < -0.4 is 15.4 Å². The molecule has 0 aliphatic carbocycles. The predicted octanol–water partition coefficient (Wildman–Crippen LogP) is 3.17. The maximum Gasteiger partial charge on any atom is 0.191 e. The fourth-order valence-electron chi connectivity index (χ4n) is 2.81. The van der Waals surface area contributed by atoms with Crippen molar-refractivity contribution in [1.82, 2.24) is 10.6 Å². The number of halogens is 1. The van der Waals surface area contributed by atoms with E-state index in [9.17, 15) is 0 Å². The Kier molecular flexibility index (Phi) is 12.4. The first-order chi connectivity index (χ1) is 12.7. The number of para-hydroxylation sites is 1. The number of guanidine groups is 1. The Labute approximate surface area is 180 Å². The second-order valence-electron chi connectivity index (χ2n) is 6.68. The van der Waals surface area contributed by atoms with Crippen LogP contribution in [0.2, 0.25) is 0 Å². The average Bonchev–Trinajstić information content (AvgIpc) is 3.16. The molecule has 1 unspecified atom stereocenters. The Morgan fingerprint density at radius 3 is 2.70 bits per heavy atom. The van der Waals surface area contributed by atoms with E-state index in [0.717, 1.165) is 50.9 Å². The van der Waals surface area contributed by atoms with Gasteiger partial charge >= 0.3 is 0 Å². The highest BCUT2D eigenvalue weighted by Gasteiger charge is 2.15. The van der Waals surface area contributed by atoms with Gasteiger partial charge in [0.05, 0.1) is 19.3 Å². The molecule has 0 spiro atoms. The molecule has 0 bridgehead atoms. The quantitative estimate of drug-likeness (QED) is 0.228. The molecule has 1 fully saturated rings. The van der Waals surface area contributed by atoms with Gasteiger partial charge in [0.2, 0.25) is 0 Å². The van der Waals surface area contributed by atoms with Crippen molar-refractivity contribution in [3.63, 3.8) is 0 Å². The number of ether oxygens (including phenoxy) is 3. The van der Waals surface area contributed by atoms with Crippen molar-refractivity contribution >= 4 is 29.9 Å². The zero-order valence-corrected chi connectivity index (χ0v) is 19.0. The standard InChI is InChI=1S/C20H33N3O3.HI/c1-16(2)18-7-4-5-8-19(18)26-14-11-23-20(21-3)22-10-6-12-25-17-9-13-24-15-17;/h4-5,7-8,16-17H,6,9-15H2,1-3H3,(H2,21,22,23);1H. The number of nitrogens with one attached hydrogen (secondary N) is 2. The van der Waals surface area contributed by atoms with Crippen molar-refractivity contribution in [1.29, 1.82) is 0 Å². The molecule has 1 heterocycles. The Hall–Kier alpha value is -1.06. The number of hydrogen-bond acceptors (Lipinski definition) is 4. The molecule has 1 saturated heterocycles. The highest BCUT2D eigenvalue weighted by Crippen LogP contribution is 2.25.